The van der Waals surface area contributed by atoms with Crippen molar-refractivity contribution < 1.29 is 19.4 Å². The van der Waals surface area contributed by atoms with Gasteiger partial charge < -0.3 is 14.6 Å². The highest BCUT2D eigenvalue weighted by molar-refractivity contribution is 5.89. The van der Waals surface area contributed by atoms with E-state index >= 15 is 0 Å². The lowest BCUT2D eigenvalue weighted by molar-refractivity contribution is -0.0401. The monoisotopic (exact) mass is 322 g/mol. The molecule has 6 nitrogen and oxygen atoms in total. The molecule has 2 aliphatic rings. The summed E-state index contributed by atoms with van der Waals surface area (Å²) in [7, 11) is 0. The number of nitrogens with zero attached hydrogens (tertiary/aromatic N) is 2. The first-order valence-corrected chi connectivity index (χ1v) is 8.70. The molecular weight excluding hydrogens is 296 g/mol. The van der Waals surface area contributed by atoms with Gasteiger partial charge in [0.15, 0.2) is 0 Å². The van der Waals surface area contributed by atoms with Gasteiger partial charge in [-0.3, -0.25) is 0 Å². The van der Waals surface area contributed by atoms with Gasteiger partial charge in [0.25, 0.3) is 0 Å². The number of aromatic nitrogens is 2. The summed E-state index contributed by atoms with van der Waals surface area (Å²) in [4.78, 5) is 11.4. The molecule has 1 aromatic heterocycles. The molecule has 1 aliphatic heterocycles. The Bertz CT molecular complexity index is 529. The molecule has 1 aromatic rings. The van der Waals surface area contributed by atoms with Crippen LogP contribution in [0.4, 0.5) is 0 Å². The van der Waals surface area contributed by atoms with Gasteiger partial charge in [0.1, 0.15) is 11.8 Å². The van der Waals surface area contributed by atoms with Crippen LogP contribution in [0.3, 0.4) is 0 Å². The predicted octanol–water partition coefficient (Wildman–Crippen LogP) is 3.49. The molecule has 1 aliphatic carbocycles. The van der Waals surface area contributed by atoms with Crippen molar-refractivity contribution in [1.29, 1.82) is 0 Å². The van der Waals surface area contributed by atoms with Crippen LogP contribution in [0.15, 0.2) is 6.20 Å². The van der Waals surface area contributed by atoms with E-state index in [-0.39, 0.29) is 17.7 Å². The van der Waals surface area contributed by atoms with E-state index in [2.05, 4.69) is 12.0 Å². The third kappa shape index (κ3) is 4.05. The highest BCUT2D eigenvalue weighted by Crippen LogP contribution is 2.30. The molecule has 0 aromatic carbocycles. The normalized spacial score (nSPS) is 28.5. The van der Waals surface area contributed by atoms with E-state index in [0.717, 1.165) is 38.0 Å². The Hall–Kier alpha value is -1.56. The Morgan fingerprint density at radius 3 is 2.78 bits per heavy atom. The number of carboxylic acids is 1. The molecule has 2 fully saturated rings. The van der Waals surface area contributed by atoms with Gasteiger partial charge in [0, 0.05) is 12.8 Å². The van der Waals surface area contributed by atoms with Crippen molar-refractivity contribution in [3.63, 3.8) is 0 Å². The molecule has 0 radical (unpaired) electrons. The largest absolute Gasteiger partial charge is 0.477 e. The minimum absolute atomic E-state index is 0.128. The van der Waals surface area contributed by atoms with Crippen LogP contribution in [0.25, 0.3) is 0 Å². The number of aromatic carboxylic acids is 1. The second kappa shape index (κ2) is 7.34. The number of hydrogen-bond acceptors (Lipinski definition) is 4. The first kappa shape index (κ1) is 16.3. The van der Waals surface area contributed by atoms with Gasteiger partial charge >= 0.3 is 5.97 Å². The zero-order valence-corrected chi connectivity index (χ0v) is 13.7. The van der Waals surface area contributed by atoms with Crippen LogP contribution in [0, 0.1) is 11.8 Å². The fourth-order valence-electron chi connectivity index (χ4n) is 3.40. The molecule has 6 heteroatoms. The maximum absolute atomic E-state index is 11.4. The molecule has 1 N–H and O–H groups in total. The summed E-state index contributed by atoms with van der Waals surface area (Å²) in [6.45, 7) is 3.53. The van der Waals surface area contributed by atoms with Crippen LogP contribution in [0.2, 0.25) is 0 Å². The Morgan fingerprint density at radius 2 is 2.13 bits per heavy atom. The van der Waals surface area contributed by atoms with Crippen LogP contribution in [0.5, 0.6) is 5.88 Å². The first-order chi connectivity index (χ1) is 11.1. The van der Waals surface area contributed by atoms with Crippen LogP contribution in [-0.2, 0) is 4.74 Å². The highest BCUT2D eigenvalue weighted by Gasteiger charge is 2.25. The molecule has 2 heterocycles. The van der Waals surface area contributed by atoms with Crippen LogP contribution in [0.1, 0.15) is 68.5 Å². The predicted molar refractivity (Wildman–Crippen MR) is 84.6 cm³/mol. The lowest BCUT2D eigenvalue weighted by Crippen LogP contribution is -2.20. The summed E-state index contributed by atoms with van der Waals surface area (Å²) >= 11 is 0. The van der Waals surface area contributed by atoms with Gasteiger partial charge in [-0.1, -0.05) is 19.8 Å². The van der Waals surface area contributed by atoms with Crippen molar-refractivity contribution >= 4 is 5.97 Å². The quantitative estimate of drug-likeness (QED) is 0.898. The summed E-state index contributed by atoms with van der Waals surface area (Å²) in [5.74, 6) is 0.525. The number of carboxylic acid groups (broad SMARTS) is 1. The Kier molecular flexibility index (Phi) is 5.20. The Labute approximate surface area is 136 Å². The van der Waals surface area contributed by atoms with E-state index in [0.29, 0.717) is 19.1 Å². The average Bonchev–Trinajstić information content (AvgIpc) is 3.00. The Morgan fingerprint density at radius 1 is 1.35 bits per heavy atom. The summed E-state index contributed by atoms with van der Waals surface area (Å²) in [5, 5.41) is 13.7. The lowest BCUT2D eigenvalue weighted by atomic mass is 9.83. The molecule has 0 spiro atoms. The molecule has 1 atom stereocenters. The molecule has 128 valence electrons. The number of rotatable bonds is 5. The van der Waals surface area contributed by atoms with E-state index in [1.807, 2.05) is 0 Å². The van der Waals surface area contributed by atoms with Crippen LogP contribution in [-0.4, -0.2) is 34.1 Å². The van der Waals surface area contributed by atoms with Crippen molar-refractivity contribution in [3.8, 4) is 5.88 Å². The maximum atomic E-state index is 11.4. The van der Waals surface area contributed by atoms with Gasteiger partial charge in [-0.2, -0.15) is 0 Å². The summed E-state index contributed by atoms with van der Waals surface area (Å²) in [6.07, 6.45) is 9.10. The van der Waals surface area contributed by atoms with Crippen molar-refractivity contribution in [3.05, 3.63) is 11.8 Å². The smallest absolute Gasteiger partial charge is 0.342 e. The maximum Gasteiger partial charge on any atom is 0.342 e. The second-order valence-electron chi connectivity index (χ2n) is 6.89. The zero-order chi connectivity index (χ0) is 16.2. The molecule has 23 heavy (non-hydrogen) atoms. The highest BCUT2D eigenvalue weighted by atomic mass is 16.5. The minimum Gasteiger partial charge on any atom is -0.477 e. The molecular formula is C17H26N2O4. The molecule has 1 saturated carbocycles. The van der Waals surface area contributed by atoms with E-state index in [1.165, 1.54) is 19.0 Å². The zero-order valence-electron chi connectivity index (χ0n) is 13.7. The van der Waals surface area contributed by atoms with Crippen molar-refractivity contribution in [2.75, 3.05) is 13.2 Å². The average molecular weight is 322 g/mol. The van der Waals surface area contributed by atoms with Crippen LogP contribution < -0.4 is 4.74 Å². The molecule has 1 saturated heterocycles. The lowest BCUT2D eigenvalue weighted by Gasteiger charge is -2.25. The van der Waals surface area contributed by atoms with Crippen molar-refractivity contribution in [1.82, 2.24) is 9.78 Å². The number of hydrogen-bond donors (Lipinski definition) is 1. The van der Waals surface area contributed by atoms with Crippen molar-refractivity contribution in [2.24, 2.45) is 11.8 Å². The fourth-order valence-corrected chi connectivity index (χ4v) is 3.40. The van der Waals surface area contributed by atoms with E-state index in [9.17, 15) is 9.90 Å². The number of ether oxygens (including phenoxy) is 2. The van der Waals surface area contributed by atoms with Gasteiger partial charge in [0.2, 0.25) is 5.88 Å². The fraction of sp³-hybridized carbons (Fsp3) is 0.765. The van der Waals surface area contributed by atoms with Gasteiger partial charge in [-0.05, 0) is 43.9 Å². The summed E-state index contributed by atoms with van der Waals surface area (Å²) in [5.41, 5.74) is 0.128. The molecule has 0 amide bonds. The minimum atomic E-state index is -1.00. The first-order valence-electron chi connectivity index (χ1n) is 8.70. The van der Waals surface area contributed by atoms with E-state index < -0.39 is 5.97 Å². The van der Waals surface area contributed by atoms with Gasteiger partial charge in [0.05, 0.1) is 6.61 Å². The summed E-state index contributed by atoms with van der Waals surface area (Å²) < 4.78 is 13.1. The second-order valence-corrected chi connectivity index (χ2v) is 6.89. The SMILES string of the molecule is CC1CCC(COc2nn(C3CCCCO3)cc2C(=O)O)CC1. The molecule has 0 bridgehead atoms. The van der Waals surface area contributed by atoms with Crippen molar-refractivity contribution in [2.45, 2.75) is 58.1 Å². The number of carbonyl (C=O) groups is 1. The third-order valence-corrected chi connectivity index (χ3v) is 4.97. The summed E-state index contributed by atoms with van der Waals surface area (Å²) in [6, 6.07) is 0. The van der Waals surface area contributed by atoms with Crippen LogP contribution >= 0.6 is 0 Å². The Balaban J connectivity index is 1.65. The molecule has 1 unspecified atom stereocenters. The van der Waals surface area contributed by atoms with Gasteiger partial charge in [-0.15, -0.1) is 5.10 Å². The molecule has 3 rings (SSSR count). The standard InChI is InChI=1S/C17H26N2O4/c1-12-5-7-13(8-6-12)11-23-16-14(17(20)21)10-19(18-16)15-4-2-3-9-22-15/h10,12-13,15H,2-9,11H2,1H3,(H,20,21). The van der Waals surface area contributed by atoms with E-state index in [4.69, 9.17) is 9.47 Å². The topological polar surface area (TPSA) is 73.6 Å². The van der Waals surface area contributed by atoms with E-state index in [1.54, 1.807) is 4.68 Å². The third-order valence-electron chi connectivity index (χ3n) is 4.97. The van der Waals surface area contributed by atoms with Gasteiger partial charge in [-0.25, -0.2) is 9.48 Å².